The Morgan fingerprint density at radius 3 is 2.82 bits per heavy atom. The van der Waals surface area contributed by atoms with Crippen LogP contribution in [0, 0.1) is 0 Å². The van der Waals surface area contributed by atoms with Crippen LogP contribution in [-0.2, 0) is 11.2 Å². The van der Waals surface area contributed by atoms with Crippen LogP contribution in [0.25, 0.3) is 10.9 Å². The Kier molecular flexibility index (Phi) is 2.64. The summed E-state index contributed by atoms with van der Waals surface area (Å²) in [5, 5.41) is 19.2. The fourth-order valence-corrected chi connectivity index (χ4v) is 1.75. The van der Waals surface area contributed by atoms with Gasteiger partial charge in [-0.2, -0.15) is 0 Å². The van der Waals surface area contributed by atoms with E-state index in [2.05, 4.69) is 4.98 Å². The minimum atomic E-state index is -1.06. The normalized spacial score (nSPS) is 12.8. The first-order valence-electron chi connectivity index (χ1n) is 5.06. The molecule has 6 nitrogen and oxygen atoms in total. The number of aliphatic carboxylic acids is 1. The minimum Gasteiger partial charge on any atom is -0.504 e. The van der Waals surface area contributed by atoms with Crippen LogP contribution in [0.4, 0.5) is 5.69 Å². The van der Waals surface area contributed by atoms with Gasteiger partial charge < -0.3 is 26.7 Å². The summed E-state index contributed by atoms with van der Waals surface area (Å²) in [5.41, 5.74) is 12.5. The summed E-state index contributed by atoms with van der Waals surface area (Å²) in [7, 11) is 0. The average molecular weight is 235 g/mol. The molecule has 0 amide bonds. The third-order valence-corrected chi connectivity index (χ3v) is 2.70. The fraction of sp³-hybridized carbons (Fsp3) is 0.182. The lowest BCUT2D eigenvalue weighted by Crippen LogP contribution is -2.32. The van der Waals surface area contributed by atoms with Crippen LogP contribution in [0.5, 0.6) is 5.75 Å². The summed E-state index contributed by atoms with van der Waals surface area (Å²) < 4.78 is 0. The van der Waals surface area contributed by atoms with Crippen LogP contribution < -0.4 is 11.5 Å². The smallest absolute Gasteiger partial charge is 0.320 e. The molecule has 2 aromatic rings. The maximum absolute atomic E-state index is 10.7. The molecule has 1 unspecified atom stereocenters. The molecule has 2 rings (SSSR count). The van der Waals surface area contributed by atoms with Gasteiger partial charge in [0.05, 0.1) is 11.2 Å². The molecular formula is C11H13N3O3. The first-order valence-corrected chi connectivity index (χ1v) is 5.06. The number of aromatic nitrogens is 1. The number of carboxylic acid groups (broad SMARTS) is 1. The van der Waals surface area contributed by atoms with E-state index in [1.54, 1.807) is 18.3 Å². The molecule has 0 radical (unpaired) electrons. The molecular weight excluding hydrogens is 222 g/mol. The molecule has 0 aliphatic rings. The number of phenolic OH excluding ortho intramolecular Hbond substituents is 1. The van der Waals surface area contributed by atoms with Crippen LogP contribution in [0.2, 0.25) is 0 Å². The Balaban J connectivity index is 2.44. The van der Waals surface area contributed by atoms with Crippen molar-refractivity contribution in [2.75, 3.05) is 5.73 Å². The van der Waals surface area contributed by atoms with Gasteiger partial charge in [0.2, 0.25) is 0 Å². The van der Waals surface area contributed by atoms with Crippen LogP contribution >= 0.6 is 0 Å². The lowest BCUT2D eigenvalue weighted by molar-refractivity contribution is -0.138. The number of rotatable bonds is 3. The van der Waals surface area contributed by atoms with Crippen molar-refractivity contribution >= 4 is 22.6 Å². The van der Waals surface area contributed by atoms with Crippen molar-refractivity contribution in [2.24, 2.45) is 5.73 Å². The molecule has 1 atom stereocenters. The van der Waals surface area contributed by atoms with Crippen molar-refractivity contribution in [3.05, 3.63) is 23.9 Å². The van der Waals surface area contributed by atoms with E-state index in [1.165, 1.54) is 0 Å². The number of aromatic hydroxyl groups is 1. The number of carbonyl (C=O) groups is 1. The molecule has 6 heteroatoms. The van der Waals surface area contributed by atoms with Gasteiger partial charge in [-0.25, -0.2) is 0 Å². The predicted molar refractivity (Wildman–Crippen MR) is 63.7 cm³/mol. The molecule has 90 valence electrons. The van der Waals surface area contributed by atoms with E-state index in [0.717, 1.165) is 10.9 Å². The van der Waals surface area contributed by atoms with Gasteiger partial charge in [-0.05, 0) is 11.6 Å². The highest BCUT2D eigenvalue weighted by atomic mass is 16.4. The molecule has 1 aromatic carbocycles. The first kappa shape index (κ1) is 11.3. The third-order valence-electron chi connectivity index (χ3n) is 2.70. The molecule has 0 saturated carbocycles. The lowest BCUT2D eigenvalue weighted by Gasteiger charge is -2.05. The van der Waals surface area contributed by atoms with Gasteiger partial charge in [0.25, 0.3) is 0 Å². The van der Waals surface area contributed by atoms with Gasteiger partial charge in [-0.3, -0.25) is 4.79 Å². The average Bonchev–Trinajstić information content (AvgIpc) is 2.67. The fourth-order valence-electron chi connectivity index (χ4n) is 1.75. The maximum atomic E-state index is 10.7. The van der Waals surface area contributed by atoms with Gasteiger partial charge in [0.1, 0.15) is 6.04 Å². The molecule has 0 aliphatic carbocycles. The van der Waals surface area contributed by atoms with E-state index in [0.29, 0.717) is 5.52 Å². The molecule has 0 aliphatic heterocycles. The third kappa shape index (κ3) is 1.90. The SMILES string of the molecule is Nc1ccc2c(CC(N)C(=O)O)c[nH]c2c1O. The second-order valence-electron chi connectivity index (χ2n) is 3.89. The Labute approximate surface area is 96.8 Å². The summed E-state index contributed by atoms with van der Waals surface area (Å²) in [5.74, 6) is -1.09. The summed E-state index contributed by atoms with van der Waals surface area (Å²) in [6.45, 7) is 0. The standard InChI is InChI=1S/C11H13N3O3/c12-7-2-1-6-5(3-8(13)11(16)17)4-14-9(6)10(7)15/h1-2,4,8,14-15H,3,12-13H2,(H,16,17). The van der Waals surface area contributed by atoms with Gasteiger partial charge in [-0.15, -0.1) is 0 Å². The van der Waals surface area contributed by atoms with E-state index in [9.17, 15) is 9.90 Å². The Bertz CT molecular complexity index is 577. The van der Waals surface area contributed by atoms with E-state index in [1.807, 2.05) is 0 Å². The summed E-state index contributed by atoms with van der Waals surface area (Å²) in [6.07, 6.45) is 1.82. The molecule has 1 aromatic heterocycles. The van der Waals surface area contributed by atoms with Crippen LogP contribution in [0.1, 0.15) is 5.56 Å². The number of aromatic amines is 1. The predicted octanol–water partition coefficient (Wildman–Crippen LogP) is 0.410. The molecule has 0 bridgehead atoms. The second-order valence-corrected chi connectivity index (χ2v) is 3.89. The van der Waals surface area contributed by atoms with E-state index >= 15 is 0 Å². The lowest BCUT2D eigenvalue weighted by atomic mass is 10.1. The van der Waals surface area contributed by atoms with Gasteiger partial charge in [0, 0.05) is 18.0 Å². The van der Waals surface area contributed by atoms with Gasteiger partial charge >= 0.3 is 5.97 Å². The first-order chi connectivity index (χ1) is 8.00. The molecule has 0 saturated heterocycles. The molecule has 17 heavy (non-hydrogen) atoms. The highest BCUT2D eigenvalue weighted by Crippen LogP contribution is 2.31. The van der Waals surface area contributed by atoms with Crippen molar-refractivity contribution < 1.29 is 15.0 Å². The largest absolute Gasteiger partial charge is 0.504 e. The topological polar surface area (TPSA) is 125 Å². The molecule has 1 heterocycles. The van der Waals surface area contributed by atoms with Crippen molar-refractivity contribution in [1.82, 2.24) is 4.98 Å². The number of hydrogen-bond acceptors (Lipinski definition) is 4. The van der Waals surface area contributed by atoms with Crippen LogP contribution in [-0.4, -0.2) is 27.2 Å². The van der Waals surface area contributed by atoms with Crippen LogP contribution in [0.15, 0.2) is 18.3 Å². The monoisotopic (exact) mass is 235 g/mol. The number of carboxylic acids is 1. The summed E-state index contributed by atoms with van der Waals surface area (Å²) in [4.78, 5) is 13.5. The summed E-state index contributed by atoms with van der Waals surface area (Å²) >= 11 is 0. The summed E-state index contributed by atoms with van der Waals surface area (Å²) in [6, 6.07) is 2.33. The highest BCUT2D eigenvalue weighted by molar-refractivity contribution is 5.92. The maximum Gasteiger partial charge on any atom is 0.320 e. The highest BCUT2D eigenvalue weighted by Gasteiger charge is 2.16. The number of fused-ring (bicyclic) bond motifs is 1. The Morgan fingerprint density at radius 2 is 2.18 bits per heavy atom. The van der Waals surface area contributed by atoms with Crippen molar-refractivity contribution in [3.63, 3.8) is 0 Å². The number of benzene rings is 1. The van der Waals surface area contributed by atoms with Gasteiger partial charge in [0.15, 0.2) is 5.75 Å². The Morgan fingerprint density at radius 1 is 1.47 bits per heavy atom. The molecule has 0 fully saturated rings. The number of nitrogens with one attached hydrogen (secondary N) is 1. The van der Waals surface area contributed by atoms with E-state index in [-0.39, 0.29) is 17.9 Å². The van der Waals surface area contributed by atoms with Crippen molar-refractivity contribution in [3.8, 4) is 5.75 Å². The number of anilines is 1. The number of nitrogen functional groups attached to an aromatic ring is 1. The molecule has 7 N–H and O–H groups in total. The quantitative estimate of drug-likeness (QED) is 0.389. The van der Waals surface area contributed by atoms with Gasteiger partial charge in [-0.1, -0.05) is 6.07 Å². The Hall–Kier alpha value is -2.21. The minimum absolute atomic E-state index is 0.0300. The molecule has 0 spiro atoms. The van der Waals surface area contributed by atoms with Crippen molar-refractivity contribution in [1.29, 1.82) is 0 Å². The zero-order chi connectivity index (χ0) is 12.6. The zero-order valence-electron chi connectivity index (χ0n) is 8.97. The van der Waals surface area contributed by atoms with Crippen molar-refractivity contribution in [2.45, 2.75) is 12.5 Å². The number of hydrogen-bond donors (Lipinski definition) is 5. The number of phenols is 1. The second kappa shape index (κ2) is 3.99. The number of nitrogens with two attached hydrogens (primary N) is 2. The van der Waals surface area contributed by atoms with Crippen LogP contribution in [0.3, 0.4) is 0 Å². The van der Waals surface area contributed by atoms with E-state index < -0.39 is 12.0 Å². The van der Waals surface area contributed by atoms with E-state index in [4.69, 9.17) is 16.6 Å². The number of H-pyrrole nitrogens is 1. The zero-order valence-corrected chi connectivity index (χ0v) is 8.97.